The second-order valence-electron chi connectivity index (χ2n) is 8.63. The summed E-state index contributed by atoms with van der Waals surface area (Å²) in [4.78, 5) is 24.5. The van der Waals surface area contributed by atoms with Gasteiger partial charge >= 0.3 is 0 Å². The number of nitrogens with one attached hydrogen (secondary N) is 4. The lowest BCUT2D eigenvalue weighted by molar-refractivity contribution is -0.120. The summed E-state index contributed by atoms with van der Waals surface area (Å²) in [5, 5.41) is 15.2. The van der Waals surface area contributed by atoms with Gasteiger partial charge in [0.25, 0.3) is 0 Å². The molecule has 11 heteroatoms. The van der Waals surface area contributed by atoms with Crippen molar-refractivity contribution in [2.75, 3.05) is 12.4 Å². The van der Waals surface area contributed by atoms with Gasteiger partial charge in [-0.3, -0.25) is 15.0 Å². The number of benzene rings is 2. The molecule has 2 aromatic carbocycles. The third-order valence-corrected chi connectivity index (χ3v) is 6.57. The van der Waals surface area contributed by atoms with E-state index < -0.39 is 5.82 Å². The van der Waals surface area contributed by atoms with E-state index in [1.165, 1.54) is 30.6 Å². The SMILES string of the molecule is COc1cc(CC(=O)NC2=CC=C(CCCCc3nnc(NC(=O)Cc4ccccc4)s3)NN2)ccc1F. The molecule has 0 unspecified atom stereocenters. The molecule has 0 saturated carbocycles. The number of carbonyl (C=O) groups is 2. The fourth-order valence-corrected chi connectivity index (χ4v) is 4.57. The molecule has 198 valence electrons. The smallest absolute Gasteiger partial charge is 0.230 e. The average molecular weight is 537 g/mol. The lowest BCUT2D eigenvalue weighted by Gasteiger charge is -2.20. The summed E-state index contributed by atoms with van der Waals surface area (Å²) >= 11 is 1.39. The van der Waals surface area contributed by atoms with Gasteiger partial charge in [0.2, 0.25) is 16.9 Å². The predicted octanol–water partition coefficient (Wildman–Crippen LogP) is 3.77. The number of aromatic nitrogens is 2. The Kier molecular flexibility index (Phi) is 9.41. The van der Waals surface area contributed by atoms with Gasteiger partial charge in [0.1, 0.15) is 10.8 Å². The maximum absolute atomic E-state index is 13.5. The normalized spacial score (nSPS) is 12.5. The second-order valence-corrected chi connectivity index (χ2v) is 9.70. The van der Waals surface area contributed by atoms with E-state index in [-0.39, 0.29) is 24.0 Å². The Morgan fingerprint density at radius 3 is 2.45 bits per heavy atom. The fraction of sp³-hybridized carbons (Fsp3) is 0.259. The van der Waals surface area contributed by atoms with Crippen molar-refractivity contribution in [3.8, 4) is 5.75 Å². The van der Waals surface area contributed by atoms with Crippen LogP contribution in [0.5, 0.6) is 5.75 Å². The molecule has 4 rings (SSSR count). The molecule has 2 heterocycles. The minimum absolute atomic E-state index is 0.0935. The number of halogens is 1. The summed E-state index contributed by atoms with van der Waals surface area (Å²) in [6, 6.07) is 13.9. The molecule has 38 heavy (non-hydrogen) atoms. The fourth-order valence-electron chi connectivity index (χ4n) is 3.77. The summed E-state index contributed by atoms with van der Waals surface area (Å²) in [7, 11) is 1.39. The first-order valence-corrected chi connectivity index (χ1v) is 13.0. The van der Waals surface area contributed by atoms with Crippen LogP contribution in [0.1, 0.15) is 35.4 Å². The van der Waals surface area contributed by atoms with Crippen LogP contribution in [0.4, 0.5) is 9.52 Å². The molecule has 2 amide bonds. The average Bonchev–Trinajstić information content (AvgIpc) is 3.36. The predicted molar refractivity (Wildman–Crippen MR) is 143 cm³/mol. The Morgan fingerprint density at radius 2 is 1.68 bits per heavy atom. The highest BCUT2D eigenvalue weighted by Crippen LogP contribution is 2.20. The molecule has 9 nitrogen and oxygen atoms in total. The highest BCUT2D eigenvalue weighted by molar-refractivity contribution is 7.15. The number of allylic oxidation sites excluding steroid dienone is 3. The number of unbranched alkanes of at least 4 members (excludes halogenated alkanes) is 1. The lowest BCUT2D eigenvalue weighted by Crippen LogP contribution is -2.41. The van der Waals surface area contributed by atoms with E-state index in [1.807, 2.05) is 36.4 Å². The number of anilines is 1. The Balaban J connectivity index is 1.15. The molecule has 0 atom stereocenters. The third-order valence-electron chi connectivity index (χ3n) is 5.67. The summed E-state index contributed by atoms with van der Waals surface area (Å²) in [5.41, 5.74) is 8.67. The number of rotatable bonds is 12. The number of carbonyl (C=O) groups excluding carboxylic acids is 2. The largest absolute Gasteiger partial charge is 0.494 e. The maximum atomic E-state index is 13.5. The molecule has 0 bridgehead atoms. The number of hydrogen-bond acceptors (Lipinski definition) is 8. The molecule has 1 aliphatic rings. The van der Waals surface area contributed by atoms with Crippen LogP contribution in [-0.2, 0) is 28.9 Å². The van der Waals surface area contributed by atoms with Gasteiger partial charge in [0.05, 0.1) is 20.0 Å². The van der Waals surface area contributed by atoms with E-state index in [1.54, 1.807) is 12.1 Å². The summed E-state index contributed by atoms with van der Waals surface area (Å²) < 4.78 is 18.5. The van der Waals surface area contributed by atoms with Gasteiger partial charge in [-0.1, -0.05) is 47.7 Å². The van der Waals surface area contributed by atoms with Crippen molar-refractivity contribution in [3.63, 3.8) is 0 Å². The van der Waals surface area contributed by atoms with Crippen LogP contribution in [0.15, 0.2) is 72.2 Å². The molecule has 1 aliphatic heterocycles. The van der Waals surface area contributed by atoms with Crippen LogP contribution in [0.2, 0.25) is 0 Å². The van der Waals surface area contributed by atoms with Crippen LogP contribution >= 0.6 is 11.3 Å². The van der Waals surface area contributed by atoms with Gasteiger partial charge in [-0.25, -0.2) is 4.39 Å². The van der Waals surface area contributed by atoms with Crippen molar-refractivity contribution in [3.05, 3.63) is 94.2 Å². The van der Waals surface area contributed by atoms with Crippen molar-refractivity contribution in [2.45, 2.75) is 38.5 Å². The molecular weight excluding hydrogens is 507 g/mol. The first-order chi connectivity index (χ1) is 18.5. The van der Waals surface area contributed by atoms with Crippen molar-refractivity contribution >= 4 is 28.3 Å². The topological polar surface area (TPSA) is 117 Å². The summed E-state index contributed by atoms with van der Waals surface area (Å²) in [6.45, 7) is 0. The Labute approximate surface area is 224 Å². The van der Waals surface area contributed by atoms with Crippen LogP contribution in [-0.4, -0.2) is 29.1 Å². The van der Waals surface area contributed by atoms with Crippen molar-refractivity contribution in [1.29, 1.82) is 0 Å². The van der Waals surface area contributed by atoms with Crippen LogP contribution in [0, 0.1) is 5.82 Å². The van der Waals surface area contributed by atoms with Crippen LogP contribution in [0.3, 0.4) is 0 Å². The second kappa shape index (κ2) is 13.3. The number of methoxy groups -OCH3 is 1. The van der Waals surface area contributed by atoms with Gasteiger partial charge < -0.3 is 20.8 Å². The van der Waals surface area contributed by atoms with Gasteiger partial charge in [0.15, 0.2) is 11.6 Å². The molecule has 0 aliphatic carbocycles. The molecule has 0 radical (unpaired) electrons. The van der Waals surface area contributed by atoms with Crippen LogP contribution < -0.4 is 26.2 Å². The minimum atomic E-state index is -0.466. The highest BCUT2D eigenvalue weighted by atomic mass is 32.1. The Hall–Kier alpha value is -4.25. The molecule has 1 aromatic heterocycles. The maximum Gasteiger partial charge on any atom is 0.230 e. The zero-order valence-corrected chi connectivity index (χ0v) is 21.7. The molecular formula is C27H29FN6O3S. The number of amides is 2. The van der Waals surface area contributed by atoms with Crippen molar-refractivity contribution < 1.29 is 18.7 Å². The summed E-state index contributed by atoms with van der Waals surface area (Å²) in [6.07, 6.45) is 7.55. The van der Waals surface area contributed by atoms with Gasteiger partial charge in [-0.2, -0.15) is 0 Å². The third kappa shape index (κ3) is 8.13. The number of ether oxygens (including phenoxy) is 1. The molecule has 3 aromatic rings. The highest BCUT2D eigenvalue weighted by Gasteiger charge is 2.12. The van der Waals surface area contributed by atoms with Crippen LogP contribution in [0.25, 0.3) is 0 Å². The molecule has 0 spiro atoms. The van der Waals surface area contributed by atoms with E-state index in [2.05, 4.69) is 31.7 Å². The van der Waals surface area contributed by atoms with Gasteiger partial charge in [0, 0.05) is 12.1 Å². The zero-order chi connectivity index (χ0) is 26.7. The van der Waals surface area contributed by atoms with Gasteiger partial charge in [-0.15, -0.1) is 10.2 Å². The van der Waals surface area contributed by atoms with E-state index in [0.29, 0.717) is 22.9 Å². The number of hydrazine groups is 1. The first-order valence-electron chi connectivity index (χ1n) is 12.2. The Morgan fingerprint density at radius 1 is 0.921 bits per heavy atom. The van der Waals surface area contributed by atoms with E-state index >= 15 is 0 Å². The Bertz CT molecular complexity index is 1330. The lowest BCUT2D eigenvalue weighted by atomic mass is 10.1. The molecule has 0 saturated heterocycles. The quantitative estimate of drug-likeness (QED) is 0.260. The van der Waals surface area contributed by atoms with E-state index in [0.717, 1.165) is 42.0 Å². The monoisotopic (exact) mass is 536 g/mol. The number of hydrogen-bond donors (Lipinski definition) is 4. The van der Waals surface area contributed by atoms with Crippen molar-refractivity contribution in [1.82, 2.24) is 26.4 Å². The minimum Gasteiger partial charge on any atom is -0.494 e. The number of nitrogens with zero attached hydrogens (tertiary/aromatic N) is 2. The van der Waals surface area contributed by atoms with E-state index in [9.17, 15) is 14.0 Å². The molecule has 0 fully saturated rings. The van der Waals surface area contributed by atoms with Gasteiger partial charge in [-0.05, 0) is 54.7 Å². The summed E-state index contributed by atoms with van der Waals surface area (Å²) in [5.74, 6) is -0.170. The zero-order valence-electron chi connectivity index (χ0n) is 20.9. The first kappa shape index (κ1) is 26.8. The molecule has 4 N–H and O–H groups in total. The standard InChI is InChI=1S/C27H29FN6O3S/c1-37-22-15-19(11-13-21(22)28)17-24(35)29-23-14-12-20(31-32-23)9-5-6-10-26-33-34-27(38-26)30-25(36)16-18-7-3-2-4-8-18/h2-4,7-8,11-15,31-32H,5-6,9-10,16-17H2,1H3,(H,29,35)(H,30,34,36). The van der Waals surface area contributed by atoms with Crippen molar-refractivity contribution in [2.24, 2.45) is 0 Å². The number of aryl methyl sites for hydroxylation is 1. The van der Waals surface area contributed by atoms with E-state index in [4.69, 9.17) is 4.74 Å².